The zero-order valence-electron chi connectivity index (χ0n) is 9.49. The van der Waals surface area contributed by atoms with Crippen LogP contribution in [-0.2, 0) is 4.79 Å². The van der Waals surface area contributed by atoms with Gasteiger partial charge in [-0.25, -0.2) is 0 Å². The number of carbonyl (C=O) groups excluding carboxylic acids is 1. The molecule has 1 fully saturated rings. The lowest BCUT2D eigenvalue weighted by atomic mass is 10.3. The van der Waals surface area contributed by atoms with E-state index in [2.05, 4.69) is 10.3 Å². The number of amides is 1. The van der Waals surface area contributed by atoms with Crippen molar-refractivity contribution in [2.75, 3.05) is 19.6 Å². The first-order valence-corrected chi connectivity index (χ1v) is 5.51. The van der Waals surface area contributed by atoms with E-state index in [1.54, 1.807) is 0 Å². The van der Waals surface area contributed by atoms with Crippen LogP contribution < -0.4 is 11.1 Å². The Hall–Kier alpha value is -1.26. The summed E-state index contributed by atoms with van der Waals surface area (Å²) in [7, 11) is 0. The maximum atomic E-state index is 11.4. The van der Waals surface area contributed by atoms with Gasteiger partial charge in [0, 0.05) is 32.1 Å². The molecule has 0 aromatic rings. The molecule has 0 spiro atoms. The van der Waals surface area contributed by atoms with E-state index in [4.69, 9.17) is 5.73 Å². The van der Waals surface area contributed by atoms with Crippen LogP contribution in [-0.4, -0.2) is 42.4 Å². The first-order chi connectivity index (χ1) is 7.17. The average molecular weight is 212 g/mol. The third-order valence-corrected chi connectivity index (χ3v) is 2.52. The van der Waals surface area contributed by atoms with Crippen molar-refractivity contribution in [3.8, 4) is 0 Å². The van der Waals surface area contributed by atoms with E-state index in [0.29, 0.717) is 18.9 Å². The predicted molar refractivity (Wildman–Crippen MR) is 60.6 cm³/mol. The van der Waals surface area contributed by atoms with E-state index in [0.717, 1.165) is 19.5 Å². The smallest absolute Gasteiger partial charge is 0.222 e. The van der Waals surface area contributed by atoms with Crippen molar-refractivity contribution in [2.45, 2.75) is 32.7 Å². The van der Waals surface area contributed by atoms with Gasteiger partial charge in [-0.1, -0.05) is 6.92 Å². The summed E-state index contributed by atoms with van der Waals surface area (Å²) in [5.74, 6) is 0.693. The van der Waals surface area contributed by atoms with E-state index in [9.17, 15) is 4.79 Å². The van der Waals surface area contributed by atoms with Gasteiger partial charge in [0.05, 0.1) is 0 Å². The molecule has 1 rings (SSSR count). The summed E-state index contributed by atoms with van der Waals surface area (Å²) >= 11 is 0. The van der Waals surface area contributed by atoms with E-state index in [1.165, 1.54) is 0 Å². The van der Waals surface area contributed by atoms with Gasteiger partial charge >= 0.3 is 0 Å². The molecule has 0 aromatic carbocycles. The van der Waals surface area contributed by atoms with Crippen molar-refractivity contribution in [1.29, 1.82) is 0 Å². The van der Waals surface area contributed by atoms with Gasteiger partial charge in [-0.05, 0) is 13.3 Å². The highest BCUT2D eigenvalue weighted by Crippen LogP contribution is 2.09. The number of guanidine groups is 1. The fraction of sp³-hybridized carbons (Fsp3) is 0.800. The molecule has 15 heavy (non-hydrogen) atoms. The monoisotopic (exact) mass is 212 g/mol. The van der Waals surface area contributed by atoms with Crippen molar-refractivity contribution in [3.63, 3.8) is 0 Å². The second kappa shape index (κ2) is 5.58. The molecule has 0 aliphatic carbocycles. The highest BCUT2D eigenvalue weighted by molar-refractivity contribution is 5.79. The quantitative estimate of drug-likeness (QED) is 0.508. The van der Waals surface area contributed by atoms with E-state index in [1.807, 2.05) is 18.7 Å². The van der Waals surface area contributed by atoms with Gasteiger partial charge < -0.3 is 16.0 Å². The van der Waals surface area contributed by atoms with Crippen LogP contribution in [0.25, 0.3) is 0 Å². The Labute approximate surface area is 90.7 Å². The molecule has 1 amide bonds. The molecule has 1 unspecified atom stereocenters. The Morgan fingerprint density at radius 3 is 2.93 bits per heavy atom. The number of rotatable bonds is 3. The van der Waals surface area contributed by atoms with Gasteiger partial charge in [0.2, 0.25) is 5.91 Å². The minimum absolute atomic E-state index is 0.213. The highest BCUT2D eigenvalue weighted by atomic mass is 16.2. The highest BCUT2D eigenvalue weighted by Gasteiger charge is 2.25. The topological polar surface area (TPSA) is 70.7 Å². The SMILES string of the molecule is CCN=C(N)NC1CCN(C(=O)CC)C1. The van der Waals surface area contributed by atoms with Gasteiger partial charge in [-0.15, -0.1) is 0 Å². The molecule has 86 valence electrons. The van der Waals surface area contributed by atoms with Crippen LogP contribution in [0.2, 0.25) is 0 Å². The van der Waals surface area contributed by atoms with Crippen molar-refractivity contribution in [3.05, 3.63) is 0 Å². The van der Waals surface area contributed by atoms with Gasteiger partial charge in [-0.3, -0.25) is 9.79 Å². The molecule has 0 aromatic heterocycles. The van der Waals surface area contributed by atoms with Crippen LogP contribution in [0, 0.1) is 0 Å². The maximum Gasteiger partial charge on any atom is 0.222 e. The zero-order chi connectivity index (χ0) is 11.3. The predicted octanol–water partition coefficient (Wildman–Crippen LogP) is -0.0785. The number of likely N-dealkylation sites (tertiary alicyclic amines) is 1. The summed E-state index contributed by atoms with van der Waals surface area (Å²) in [4.78, 5) is 17.3. The lowest BCUT2D eigenvalue weighted by Crippen LogP contribution is -2.42. The van der Waals surface area contributed by atoms with Gasteiger partial charge in [0.15, 0.2) is 5.96 Å². The Bertz CT molecular complexity index is 252. The van der Waals surface area contributed by atoms with Crippen LogP contribution in [0.4, 0.5) is 0 Å². The number of nitrogens with two attached hydrogens (primary N) is 1. The lowest BCUT2D eigenvalue weighted by Gasteiger charge is -2.16. The normalized spacial score (nSPS) is 21.9. The maximum absolute atomic E-state index is 11.4. The number of carbonyl (C=O) groups is 1. The Balaban J connectivity index is 2.36. The number of hydrogen-bond acceptors (Lipinski definition) is 2. The third kappa shape index (κ3) is 3.42. The fourth-order valence-corrected chi connectivity index (χ4v) is 1.75. The number of aliphatic imine (C=N–C) groups is 1. The van der Waals surface area contributed by atoms with E-state index < -0.39 is 0 Å². The largest absolute Gasteiger partial charge is 0.370 e. The molecule has 5 heteroatoms. The second-order valence-electron chi connectivity index (χ2n) is 3.68. The summed E-state index contributed by atoms with van der Waals surface area (Å²) < 4.78 is 0. The molecule has 1 saturated heterocycles. The summed E-state index contributed by atoms with van der Waals surface area (Å²) in [6.45, 7) is 6.08. The Morgan fingerprint density at radius 2 is 2.33 bits per heavy atom. The molecule has 1 heterocycles. The second-order valence-corrected chi connectivity index (χ2v) is 3.68. The van der Waals surface area contributed by atoms with E-state index >= 15 is 0 Å². The fourth-order valence-electron chi connectivity index (χ4n) is 1.75. The van der Waals surface area contributed by atoms with Crippen molar-refractivity contribution < 1.29 is 4.79 Å². The first kappa shape index (κ1) is 11.8. The summed E-state index contributed by atoms with van der Waals surface area (Å²) in [5.41, 5.74) is 5.65. The molecular formula is C10H20N4O. The minimum atomic E-state index is 0.213. The van der Waals surface area contributed by atoms with Crippen LogP contribution in [0.5, 0.6) is 0 Å². The van der Waals surface area contributed by atoms with Gasteiger partial charge in [0.25, 0.3) is 0 Å². The van der Waals surface area contributed by atoms with Crippen LogP contribution in [0.3, 0.4) is 0 Å². The average Bonchev–Trinajstić information content (AvgIpc) is 2.65. The molecule has 3 N–H and O–H groups in total. The number of nitrogens with zero attached hydrogens (tertiary/aromatic N) is 2. The Morgan fingerprint density at radius 1 is 1.60 bits per heavy atom. The standard InChI is InChI=1S/C10H20N4O/c1-3-9(15)14-6-5-8(7-14)13-10(11)12-4-2/h8H,3-7H2,1-2H3,(H3,11,12,13). The summed E-state index contributed by atoms with van der Waals surface area (Å²) in [6.07, 6.45) is 1.52. The van der Waals surface area contributed by atoms with Crippen molar-refractivity contribution in [2.24, 2.45) is 10.7 Å². The number of hydrogen-bond donors (Lipinski definition) is 2. The third-order valence-electron chi connectivity index (χ3n) is 2.52. The van der Waals surface area contributed by atoms with Crippen molar-refractivity contribution in [1.82, 2.24) is 10.2 Å². The van der Waals surface area contributed by atoms with Gasteiger partial charge in [-0.2, -0.15) is 0 Å². The molecule has 1 aliphatic rings. The zero-order valence-corrected chi connectivity index (χ0v) is 9.49. The molecule has 0 bridgehead atoms. The lowest BCUT2D eigenvalue weighted by molar-refractivity contribution is -0.129. The summed E-state index contributed by atoms with van der Waals surface area (Å²) in [5, 5.41) is 3.12. The number of nitrogens with one attached hydrogen (secondary N) is 1. The molecular weight excluding hydrogens is 192 g/mol. The first-order valence-electron chi connectivity index (χ1n) is 5.51. The van der Waals surface area contributed by atoms with Crippen LogP contribution in [0.15, 0.2) is 4.99 Å². The molecule has 0 saturated carbocycles. The van der Waals surface area contributed by atoms with Crippen molar-refractivity contribution >= 4 is 11.9 Å². The summed E-state index contributed by atoms with van der Waals surface area (Å²) in [6, 6.07) is 0.260. The molecule has 5 nitrogen and oxygen atoms in total. The molecule has 0 radical (unpaired) electrons. The minimum Gasteiger partial charge on any atom is -0.370 e. The van der Waals surface area contributed by atoms with Gasteiger partial charge in [0.1, 0.15) is 0 Å². The Kier molecular flexibility index (Phi) is 4.39. The molecule has 1 aliphatic heterocycles. The van der Waals surface area contributed by atoms with Crippen LogP contribution >= 0.6 is 0 Å². The van der Waals surface area contributed by atoms with Crippen LogP contribution in [0.1, 0.15) is 26.7 Å². The van der Waals surface area contributed by atoms with E-state index in [-0.39, 0.29) is 11.9 Å². The molecule has 1 atom stereocenters.